The van der Waals surface area contributed by atoms with E-state index in [4.69, 9.17) is 0 Å². The van der Waals surface area contributed by atoms with E-state index < -0.39 is 17.7 Å². The smallest absolute Gasteiger partial charge is 0.322 e. The molecule has 3 aromatic carbocycles. The lowest BCUT2D eigenvalue weighted by Crippen LogP contribution is -2.55. The Morgan fingerprint density at radius 3 is 2.34 bits per heavy atom. The summed E-state index contributed by atoms with van der Waals surface area (Å²) >= 11 is 0. The van der Waals surface area contributed by atoms with Crippen LogP contribution in [0.1, 0.15) is 6.92 Å². The summed E-state index contributed by atoms with van der Waals surface area (Å²) in [4.78, 5) is 16.4. The van der Waals surface area contributed by atoms with E-state index in [1.165, 1.54) is 18.2 Å². The first kappa shape index (κ1) is 22.6. The minimum Gasteiger partial charge on any atom is -0.348 e. The Bertz CT molecular complexity index is 1400. The van der Waals surface area contributed by atoms with Crippen molar-refractivity contribution in [2.75, 3.05) is 29.9 Å². The number of carbonyl (C=O) groups excluding carboxylic acids is 1. The fraction of sp³-hybridized carbons (Fsp3) is 0.192. The van der Waals surface area contributed by atoms with Crippen molar-refractivity contribution in [1.82, 2.24) is 15.1 Å². The van der Waals surface area contributed by atoms with Gasteiger partial charge < -0.3 is 15.1 Å². The average molecular weight is 477 g/mol. The lowest BCUT2D eigenvalue weighted by molar-refractivity contribution is 0.200. The molecule has 1 saturated heterocycles. The normalized spacial score (nSPS) is 15.9. The van der Waals surface area contributed by atoms with Crippen molar-refractivity contribution in [1.29, 1.82) is 0 Å². The van der Waals surface area contributed by atoms with Crippen LogP contribution in [0.3, 0.4) is 0 Å². The Labute approximate surface area is 200 Å². The Kier molecular flexibility index (Phi) is 5.98. The number of benzene rings is 3. The molecule has 1 N–H and O–H groups in total. The van der Waals surface area contributed by atoms with Crippen molar-refractivity contribution in [3.63, 3.8) is 0 Å². The number of fused-ring (bicyclic) bond motifs is 1. The number of anilines is 2. The van der Waals surface area contributed by atoms with Gasteiger partial charge in [0.25, 0.3) is 0 Å². The number of urea groups is 1. The first-order chi connectivity index (χ1) is 16.9. The lowest BCUT2D eigenvalue weighted by atomic mass is 10.0. The number of nitrogens with zero attached hydrogens (tertiary/aromatic N) is 4. The Hall–Kier alpha value is -4.14. The third-order valence-electron chi connectivity index (χ3n) is 6.14. The van der Waals surface area contributed by atoms with Gasteiger partial charge in [-0.25, -0.2) is 18.0 Å². The first-order valence-electron chi connectivity index (χ1n) is 11.2. The molecule has 9 heteroatoms. The van der Waals surface area contributed by atoms with E-state index in [9.17, 15) is 18.0 Å². The summed E-state index contributed by atoms with van der Waals surface area (Å²) in [5.41, 5.74) is 1.36. The van der Waals surface area contributed by atoms with Crippen molar-refractivity contribution in [2.24, 2.45) is 0 Å². The maximum atomic E-state index is 13.9. The van der Waals surface area contributed by atoms with Crippen LogP contribution in [0.15, 0.2) is 66.7 Å². The first-order valence-corrected chi connectivity index (χ1v) is 11.2. The molecule has 35 heavy (non-hydrogen) atoms. The highest BCUT2D eigenvalue weighted by Gasteiger charge is 2.29. The van der Waals surface area contributed by atoms with Crippen molar-refractivity contribution < 1.29 is 18.0 Å². The fourth-order valence-electron chi connectivity index (χ4n) is 4.36. The molecular weight excluding hydrogens is 455 g/mol. The van der Waals surface area contributed by atoms with Crippen molar-refractivity contribution in [2.45, 2.75) is 13.0 Å². The van der Waals surface area contributed by atoms with Gasteiger partial charge in [0.1, 0.15) is 23.1 Å². The number of nitrogens with one attached hydrogen (secondary N) is 1. The van der Waals surface area contributed by atoms with Crippen molar-refractivity contribution in [3.8, 4) is 11.3 Å². The highest BCUT2D eigenvalue weighted by atomic mass is 19.1. The number of amides is 2. The molecule has 0 saturated carbocycles. The van der Waals surface area contributed by atoms with Crippen LogP contribution in [0.25, 0.3) is 22.0 Å². The molecule has 1 aliphatic rings. The van der Waals surface area contributed by atoms with E-state index >= 15 is 0 Å². The molecule has 6 nitrogen and oxygen atoms in total. The van der Waals surface area contributed by atoms with Crippen molar-refractivity contribution in [3.05, 3.63) is 84.2 Å². The van der Waals surface area contributed by atoms with E-state index in [0.717, 1.165) is 28.5 Å². The van der Waals surface area contributed by atoms with Gasteiger partial charge in [-0.05, 0) is 43.3 Å². The molecule has 1 aromatic heterocycles. The van der Waals surface area contributed by atoms with Gasteiger partial charge in [-0.1, -0.05) is 24.3 Å². The quantitative estimate of drug-likeness (QED) is 0.426. The minimum atomic E-state index is -0.826. The minimum absolute atomic E-state index is 0.0697. The average Bonchev–Trinajstić information content (AvgIpc) is 2.86. The monoisotopic (exact) mass is 477 g/mol. The van der Waals surface area contributed by atoms with Gasteiger partial charge in [0, 0.05) is 48.1 Å². The predicted molar refractivity (Wildman–Crippen MR) is 129 cm³/mol. The summed E-state index contributed by atoms with van der Waals surface area (Å²) in [6.07, 6.45) is 0. The number of hydrogen-bond donors (Lipinski definition) is 1. The summed E-state index contributed by atoms with van der Waals surface area (Å²) < 4.78 is 40.5. The number of carbonyl (C=O) groups is 1. The van der Waals surface area contributed by atoms with Crippen LogP contribution < -0.4 is 10.2 Å². The van der Waals surface area contributed by atoms with E-state index in [1.54, 1.807) is 17.0 Å². The molecule has 1 aliphatic heterocycles. The van der Waals surface area contributed by atoms with Crippen molar-refractivity contribution >= 4 is 28.3 Å². The Morgan fingerprint density at radius 2 is 1.63 bits per heavy atom. The molecule has 0 spiro atoms. The largest absolute Gasteiger partial charge is 0.348 e. The fourth-order valence-corrected chi connectivity index (χ4v) is 4.36. The van der Waals surface area contributed by atoms with Crippen LogP contribution in [0.2, 0.25) is 0 Å². The second-order valence-corrected chi connectivity index (χ2v) is 8.47. The lowest BCUT2D eigenvalue weighted by Gasteiger charge is -2.40. The highest BCUT2D eigenvalue weighted by molar-refractivity contribution is 6.00. The zero-order chi connectivity index (χ0) is 24.5. The summed E-state index contributed by atoms with van der Waals surface area (Å²) in [7, 11) is 0. The topological polar surface area (TPSA) is 61.4 Å². The maximum Gasteiger partial charge on any atom is 0.322 e. The summed E-state index contributed by atoms with van der Waals surface area (Å²) in [6, 6.07) is 16.4. The zero-order valence-electron chi connectivity index (χ0n) is 18.9. The van der Waals surface area contributed by atoms with E-state index in [0.29, 0.717) is 31.1 Å². The highest BCUT2D eigenvalue weighted by Crippen LogP contribution is 2.33. The molecular formula is C26H22F3N5O. The summed E-state index contributed by atoms with van der Waals surface area (Å²) in [5, 5.41) is 13.3. The van der Waals surface area contributed by atoms with Crippen LogP contribution in [0, 0.1) is 17.5 Å². The van der Waals surface area contributed by atoms with Crippen LogP contribution in [-0.4, -0.2) is 46.8 Å². The number of piperazine rings is 1. The third-order valence-corrected chi connectivity index (χ3v) is 6.14. The van der Waals surface area contributed by atoms with Gasteiger partial charge in [0.05, 0.1) is 5.69 Å². The van der Waals surface area contributed by atoms with Crippen LogP contribution in [0.5, 0.6) is 0 Å². The maximum absolute atomic E-state index is 13.9. The molecule has 1 fully saturated rings. The molecule has 0 radical (unpaired) electrons. The number of hydrogen-bond acceptors (Lipinski definition) is 4. The van der Waals surface area contributed by atoms with Crippen LogP contribution in [-0.2, 0) is 0 Å². The zero-order valence-corrected chi connectivity index (χ0v) is 18.9. The van der Waals surface area contributed by atoms with Gasteiger partial charge in [-0.3, -0.25) is 0 Å². The number of halogens is 3. The summed E-state index contributed by atoms with van der Waals surface area (Å²) in [5.74, 6) is -1.15. The molecule has 0 aliphatic carbocycles. The molecule has 5 rings (SSSR count). The Morgan fingerprint density at radius 1 is 0.914 bits per heavy atom. The molecule has 178 valence electrons. The molecule has 1 unspecified atom stereocenters. The third kappa shape index (κ3) is 4.49. The van der Waals surface area contributed by atoms with Gasteiger partial charge in [0.15, 0.2) is 5.82 Å². The van der Waals surface area contributed by atoms with Crippen LogP contribution in [0.4, 0.5) is 29.5 Å². The van der Waals surface area contributed by atoms with E-state index in [-0.39, 0.29) is 17.5 Å². The second kappa shape index (κ2) is 9.25. The predicted octanol–water partition coefficient (Wildman–Crippen LogP) is 5.46. The molecule has 2 amide bonds. The SMILES string of the molecule is CC1CN(C(=O)Nc2ccc(F)cc2F)CCN1c1nnc(-c2ccc(F)cc2)c2ccccc12. The van der Waals surface area contributed by atoms with Crippen LogP contribution >= 0.6 is 0 Å². The molecule has 0 bridgehead atoms. The van der Waals surface area contributed by atoms with Gasteiger partial charge in [-0.15, -0.1) is 10.2 Å². The number of aromatic nitrogens is 2. The van der Waals surface area contributed by atoms with Gasteiger partial charge in [-0.2, -0.15) is 0 Å². The Balaban J connectivity index is 1.37. The number of rotatable bonds is 3. The molecule has 2 heterocycles. The van der Waals surface area contributed by atoms with Gasteiger partial charge in [0.2, 0.25) is 0 Å². The van der Waals surface area contributed by atoms with E-state index in [2.05, 4.69) is 20.4 Å². The summed E-state index contributed by atoms with van der Waals surface area (Å²) in [6.45, 7) is 3.23. The molecule has 4 aromatic rings. The standard InChI is InChI=1S/C26H22F3N5O/c1-16-15-33(26(35)30-23-11-10-19(28)14-22(23)29)12-13-34(16)25-21-5-3-2-4-20(21)24(31-32-25)17-6-8-18(27)9-7-17/h2-11,14,16H,12-13,15H2,1H3,(H,30,35). The van der Waals surface area contributed by atoms with E-state index in [1.807, 2.05) is 31.2 Å². The van der Waals surface area contributed by atoms with Gasteiger partial charge >= 0.3 is 6.03 Å². The second-order valence-electron chi connectivity index (χ2n) is 8.47. The molecule has 1 atom stereocenters.